The number of nitrogens with one attached hydrogen (secondary N) is 1. The molecule has 0 bridgehead atoms. The summed E-state index contributed by atoms with van der Waals surface area (Å²) in [6.07, 6.45) is 2.99. The molecule has 25 heavy (non-hydrogen) atoms. The second-order valence-corrected chi connectivity index (χ2v) is 6.24. The molecule has 0 heterocycles. The number of fused-ring (bicyclic) bond motifs is 1. The molecule has 1 saturated carbocycles. The highest BCUT2D eigenvalue weighted by Crippen LogP contribution is 2.29. The predicted molar refractivity (Wildman–Crippen MR) is 90.9 cm³/mol. The van der Waals surface area contributed by atoms with E-state index >= 15 is 0 Å². The molecule has 0 radical (unpaired) electrons. The second kappa shape index (κ2) is 6.81. The van der Waals surface area contributed by atoms with E-state index in [9.17, 15) is 20.0 Å². The van der Waals surface area contributed by atoms with Crippen molar-refractivity contribution < 1.29 is 19.4 Å². The highest BCUT2D eigenvalue weighted by molar-refractivity contribution is 5.99. The molecule has 2 aromatic carbocycles. The number of carbonyl (C=O) groups is 2. The zero-order valence-electron chi connectivity index (χ0n) is 13.6. The van der Waals surface area contributed by atoms with Crippen LogP contribution in [0.1, 0.15) is 36.0 Å². The first-order chi connectivity index (χ1) is 12.0. The van der Waals surface area contributed by atoms with Gasteiger partial charge in [-0.1, -0.05) is 24.3 Å². The summed E-state index contributed by atoms with van der Waals surface area (Å²) in [5, 5.41) is 23.5. The second-order valence-electron chi connectivity index (χ2n) is 6.24. The van der Waals surface area contributed by atoms with Gasteiger partial charge in [-0.3, -0.25) is 4.79 Å². The zero-order valence-corrected chi connectivity index (χ0v) is 13.6. The number of rotatable bonds is 4. The molecule has 0 spiro atoms. The van der Waals surface area contributed by atoms with E-state index in [0.717, 1.165) is 23.6 Å². The molecule has 1 aliphatic carbocycles. The number of amides is 1. The Balaban J connectivity index is 1.65. The Morgan fingerprint density at radius 3 is 2.48 bits per heavy atom. The molecular weight excluding hydrogens is 320 g/mol. The van der Waals surface area contributed by atoms with Gasteiger partial charge in [0.15, 0.2) is 6.61 Å². The van der Waals surface area contributed by atoms with Gasteiger partial charge in [-0.05, 0) is 48.6 Å². The molecule has 6 heteroatoms. The fourth-order valence-electron chi connectivity index (χ4n) is 3.15. The van der Waals surface area contributed by atoms with Gasteiger partial charge < -0.3 is 15.2 Å². The van der Waals surface area contributed by atoms with Crippen LogP contribution >= 0.6 is 0 Å². The van der Waals surface area contributed by atoms with E-state index < -0.39 is 24.0 Å². The summed E-state index contributed by atoms with van der Waals surface area (Å²) in [7, 11) is 0. The summed E-state index contributed by atoms with van der Waals surface area (Å²) >= 11 is 0. The Bertz CT molecular complexity index is 863. The van der Waals surface area contributed by atoms with Crippen molar-refractivity contribution in [2.75, 3.05) is 6.61 Å². The van der Waals surface area contributed by atoms with Crippen LogP contribution in [0.2, 0.25) is 0 Å². The number of hydrogen-bond acceptors (Lipinski definition) is 5. The predicted octanol–water partition coefficient (Wildman–Crippen LogP) is 2.65. The van der Waals surface area contributed by atoms with E-state index in [1.807, 2.05) is 24.3 Å². The minimum atomic E-state index is -0.853. The highest BCUT2D eigenvalue weighted by Gasteiger charge is 2.35. The van der Waals surface area contributed by atoms with E-state index in [4.69, 9.17) is 4.74 Å². The van der Waals surface area contributed by atoms with E-state index in [-0.39, 0.29) is 11.3 Å². The third-order valence-electron chi connectivity index (χ3n) is 4.47. The van der Waals surface area contributed by atoms with Gasteiger partial charge in [0.1, 0.15) is 16.9 Å². The first-order valence-electron chi connectivity index (χ1n) is 8.14. The van der Waals surface area contributed by atoms with Gasteiger partial charge in [-0.2, -0.15) is 5.26 Å². The van der Waals surface area contributed by atoms with Crippen molar-refractivity contribution in [2.45, 2.75) is 31.2 Å². The van der Waals surface area contributed by atoms with Crippen molar-refractivity contribution in [1.29, 1.82) is 5.26 Å². The number of ether oxygens (including phenoxy) is 1. The van der Waals surface area contributed by atoms with Crippen LogP contribution in [0.5, 0.6) is 5.75 Å². The Morgan fingerprint density at radius 1 is 1.20 bits per heavy atom. The molecule has 0 saturated heterocycles. The fraction of sp³-hybridized carbons (Fsp3) is 0.316. The van der Waals surface area contributed by atoms with Crippen LogP contribution in [0, 0.1) is 11.3 Å². The van der Waals surface area contributed by atoms with Gasteiger partial charge in [-0.15, -0.1) is 0 Å². The lowest BCUT2D eigenvalue weighted by molar-refractivity contribution is -0.125. The van der Waals surface area contributed by atoms with Crippen LogP contribution in [0.4, 0.5) is 0 Å². The largest absolute Gasteiger partial charge is 0.507 e. The van der Waals surface area contributed by atoms with Crippen molar-refractivity contribution >= 4 is 22.6 Å². The number of esters is 1. The van der Waals surface area contributed by atoms with Gasteiger partial charge in [0.25, 0.3) is 5.91 Å². The van der Waals surface area contributed by atoms with Crippen LogP contribution in [-0.2, 0) is 9.53 Å². The molecule has 2 N–H and O–H groups in total. The van der Waals surface area contributed by atoms with Gasteiger partial charge in [0.2, 0.25) is 0 Å². The summed E-state index contributed by atoms with van der Waals surface area (Å²) in [5.74, 6) is -1.50. The number of hydrogen-bond donors (Lipinski definition) is 2. The first-order valence-corrected chi connectivity index (χ1v) is 8.14. The molecule has 128 valence electrons. The lowest BCUT2D eigenvalue weighted by Crippen LogP contribution is -2.46. The normalized spacial score (nSPS) is 15.5. The van der Waals surface area contributed by atoms with E-state index in [0.29, 0.717) is 12.8 Å². The molecule has 1 fully saturated rings. The first kappa shape index (κ1) is 16.8. The molecule has 0 aromatic heterocycles. The minimum Gasteiger partial charge on any atom is -0.507 e. The van der Waals surface area contributed by atoms with Crippen LogP contribution in [0.3, 0.4) is 0 Å². The Hall–Kier alpha value is -3.07. The third-order valence-corrected chi connectivity index (χ3v) is 4.47. The Morgan fingerprint density at radius 2 is 1.84 bits per heavy atom. The lowest BCUT2D eigenvalue weighted by atomic mass is 10.00. The number of nitriles is 1. The number of carbonyl (C=O) groups excluding carboxylic acids is 2. The standard InChI is InChI=1S/C19H18N2O4/c20-12-19(7-3-4-8-19)21-17(23)11-25-18(24)15-9-13-5-1-2-6-14(13)10-16(15)22/h1-2,5-6,9-10,22H,3-4,7-8,11H2,(H,21,23). The van der Waals surface area contributed by atoms with Crippen molar-refractivity contribution in [3.8, 4) is 11.8 Å². The lowest BCUT2D eigenvalue weighted by Gasteiger charge is -2.21. The number of benzene rings is 2. The summed E-state index contributed by atoms with van der Waals surface area (Å²) in [6.45, 7) is -0.492. The monoisotopic (exact) mass is 338 g/mol. The summed E-state index contributed by atoms with van der Waals surface area (Å²) in [4.78, 5) is 24.2. The quantitative estimate of drug-likeness (QED) is 0.835. The number of aromatic hydroxyl groups is 1. The Labute approximate surface area is 145 Å². The zero-order chi connectivity index (χ0) is 17.9. The maximum atomic E-state index is 12.2. The molecular formula is C19H18N2O4. The smallest absolute Gasteiger partial charge is 0.342 e. The van der Waals surface area contributed by atoms with E-state index in [2.05, 4.69) is 11.4 Å². The van der Waals surface area contributed by atoms with E-state index in [1.165, 1.54) is 12.1 Å². The summed E-state index contributed by atoms with van der Waals surface area (Å²) < 4.78 is 5.00. The maximum Gasteiger partial charge on any atom is 0.342 e. The van der Waals surface area contributed by atoms with Gasteiger partial charge in [0, 0.05) is 0 Å². The average molecular weight is 338 g/mol. The van der Waals surface area contributed by atoms with Gasteiger partial charge in [-0.25, -0.2) is 4.79 Å². The molecule has 1 amide bonds. The van der Waals surface area contributed by atoms with Crippen molar-refractivity contribution in [3.63, 3.8) is 0 Å². The van der Waals surface area contributed by atoms with Gasteiger partial charge >= 0.3 is 5.97 Å². The molecule has 0 aliphatic heterocycles. The molecule has 1 aliphatic rings. The number of nitrogens with zero attached hydrogens (tertiary/aromatic N) is 1. The van der Waals surface area contributed by atoms with Crippen molar-refractivity contribution in [3.05, 3.63) is 42.0 Å². The Kier molecular flexibility index (Phi) is 4.57. The minimum absolute atomic E-state index is 0.00219. The topological polar surface area (TPSA) is 99.4 Å². The number of phenols is 1. The van der Waals surface area contributed by atoms with Gasteiger partial charge in [0.05, 0.1) is 6.07 Å². The van der Waals surface area contributed by atoms with Crippen LogP contribution in [0.15, 0.2) is 36.4 Å². The maximum absolute atomic E-state index is 12.2. The fourth-order valence-corrected chi connectivity index (χ4v) is 3.15. The molecule has 2 aromatic rings. The number of phenolic OH excluding ortho intramolecular Hbond substituents is 1. The van der Waals surface area contributed by atoms with Crippen LogP contribution in [-0.4, -0.2) is 29.1 Å². The molecule has 0 unspecified atom stereocenters. The van der Waals surface area contributed by atoms with Crippen LogP contribution in [0.25, 0.3) is 10.8 Å². The van der Waals surface area contributed by atoms with Crippen molar-refractivity contribution in [1.82, 2.24) is 5.32 Å². The van der Waals surface area contributed by atoms with Crippen LogP contribution < -0.4 is 5.32 Å². The summed E-state index contributed by atoms with van der Waals surface area (Å²) in [5.41, 5.74) is -0.850. The van der Waals surface area contributed by atoms with E-state index in [1.54, 1.807) is 0 Å². The summed E-state index contributed by atoms with van der Waals surface area (Å²) in [6, 6.07) is 12.4. The molecule has 0 atom stereocenters. The highest BCUT2D eigenvalue weighted by atomic mass is 16.5. The van der Waals surface area contributed by atoms with Crippen molar-refractivity contribution in [2.24, 2.45) is 0 Å². The molecule has 3 rings (SSSR count). The molecule has 6 nitrogen and oxygen atoms in total. The third kappa shape index (κ3) is 3.56. The SMILES string of the molecule is N#CC1(NC(=O)COC(=O)c2cc3ccccc3cc2O)CCCC1. The average Bonchev–Trinajstić information content (AvgIpc) is 3.08.